The summed E-state index contributed by atoms with van der Waals surface area (Å²) < 4.78 is 0. The molecule has 0 fully saturated rings. The first-order valence-corrected chi connectivity index (χ1v) is 18.3. The van der Waals surface area contributed by atoms with Crippen molar-refractivity contribution in [2.75, 3.05) is 0 Å². The smallest absolute Gasteiger partial charge is 0.0215 e. The first-order valence-electron chi connectivity index (χ1n) is 18.3. The van der Waals surface area contributed by atoms with Crippen LogP contribution in [0.25, 0.3) is 33.4 Å². The molecular weight excluding hydrogens is 540 g/mol. The van der Waals surface area contributed by atoms with Crippen molar-refractivity contribution in [3.05, 3.63) is 106 Å². The average molecular weight is 599 g/mol. The van der Waals surface area contributed by atoms with Crippen LogP contribution in [0.15, 0.2) is 72.8 Å². The zero-order valence-electron chi connectivity index (χ0n) is 29.3. The fourth-order valence-corrected chi connectivity index (χ4v) is 8.12. The maximum absolute atomic E-state index is 2.61. The van der Waals surface area contributed by atoms with Gasteiger partial charge in [-0.25, -0.2) is 0 Å². The molecule has 0 heteroatoms. The van der Waals surface area contributed by atoms with Crippen molar-refractivity contribution in [2.45, 2.75) is 137 Å². The van der Waals surface area contributed by atoms with E-state index in [2.05, 4.69) is 114 Å². The largest absolute Gasteiger partial charge is 0.0654 e. The number of benzene rings is 4. The second-order valence-corrected chi connectivity index (χ2v) is 14.4. The van der Waals surface area contributed by atoms with E-state index in [1.54, 1.807) is 11.1 Å². The van der Waals surface area contributed by atoms with E-state index in [4.69, 9.17) is 0 Å². The standard InChI is InChI=1S/C45H58/c1-7-9-11-13-15-17-23-45(24-18-16-14-12-10-8-2)43-30-33(3)19-21-41(43)42-22-20-37(32-44(42)45)39-28-36(6)29-40(31-39)38-26-34(4)25-35(5)27-38/h19-22,25-32H,7-18,23-24H2,1-6H3. The van der Waals surface area contributed by atoms with Gasteiger partial charge in [0.1, 0.15) is 0 Å². The van der Waals surface area contributed by atoms with E-state index < -0.39 is 0 Å². The highest BCUT2D eigenvalue weighted by Gasteiger charge is 2.42. The van der Waals surface area contributed by atoms with Gasteiger partial charge in [0.15, 0.2) is 0 Å². The Bertz CT molecular complexity index is 1530. The third kappa shape index (κ3) is 7.82. The van der Waals surface area contributed by atoms with Crippen LogP contribution >= 0.6 is 0 Å². The van der Waals surface area contributed by atoms with Crippen molar-refractivity contribution >= 4 is 0 Å². The van der Waals surface area contributed by atoms with Gasteiger partial charge in [-0.15, -0.1) is 0 Å². The molecule has 45 heavy (non-hydrogen) atoms. The van der Waals surface area contributed by atoms with E-state index in [0.717, 1.165) is 0 Å². The zero-order chi connectivity index (χ0) is 31.8. The summed E-state index contributed by atoms with van der Waals surface area (Å²) in [5.74, 6) is 0. The highest BCUT2D eigenvalue weighted by molar-refractivity contribution is 5.85. The van der Waals surface area contributed by atoms with Gasteiger partial charge < -0.3 is 0 Å². The van der Waals surface area contributed by atoms with E-state index >= 15 is 0 Å². The third-order valence-electron chi connectivity index (χ3n) is 10.4. The summed E-state index contributed by atoms with van der Waals surface area (Å²) >= 11 is 0. The summed E-state index contributed by atoms with van der Waals surface area (Å²) in [7, 11) is 0. The predicted octanol–water partition coefficient (Wildman–Crippen LogP) is 14.0. The maximum atomic E-state index is 2.61. The number of hydrogen-bond acceptors (Lipinski definition) is 0. The number of unbranched alkanes of at least 4 members (excludes halogenated alkanes) is 10. The molecule has 0 amide bonds. The highest BCUT2D eigenvalue weighted by atomic mass is 14.4. The van der Waals surface area contributed by atoms with Crippen LogP contribution in [0.3, 0.4) is 0 Å². The molecule has 0 heterocycles. The molecular formula is C45H58. The van der Waals surface area contributed by atoms with E-state index in [-0.39, 0.29) is 5.41 Å². The molecule has 4 aromatic rings. The van der Waals surface area contributed by atoms with Gasteiger partial charge >= 0.3 is 0 Å². The molecule has 1 aliphatic carbocycles. The summed E-state index contributed by atoms with van der Waals surface area (Å²) in [6, 6.07) is 28.9. The van der Waals surface area contributed by atoms with Gasteiger partial charge in [0.05, 0.1) is 0 Å². The molecule has 0 unspecified atom stereocenters. The van der Waals surface area contributed by atoms with Crippen LogP contribution in [-0.4, -0.2) is 0 Å². The summed E-state index contributed by atoms with van der Waals surface area (Å²) in [5.41, 5.74) is 17.0. The van der Waals surface area contributed by atoms with Crippen molar-refractivity contribution in [2.24, 2.45) is 0 Å². The number of fused-ring (bicyclic) bond motifs is 3. The van der Waals surface area contributed by atoms with Gasteiger partial charge in [-0.3, -0.25) is 0 Å². The quantitative estimate of drug-likeness (QED) is 0.113. The fraction of sp³-hybridized carbons (Fsp3) is 0.467. The lowest BCUT2D eigenvalue weighted by molar-refractivity contribution is 0.398. The van der Waals surface area contributed by atoms with Gasteiger partial charge in [-0.1, -0.05) is 168 Å². The Morgan fingerprint density at radius 2 is 0.822 bits per heavy atom. The maximum Gasteiger partial charge on any atom is 0.0215 e. The van der Waals surface area contributed by atoms with Crippen LogP contribution in [0, 0.1) is 27.7 Å². The SMILES string of the molecule is CCCCCCCCC1(CCCCCCCC)c2cc(C)ccc2-c2ccc(-c3cc(C)cc(-c4cc(C)cc(C)c4)c3)cc21. The van der Waals surface area contributed by atoms with Crippen LogP contribution in [0.4, 0.5) is 0 Å². The van der Waals surface area contributed by atoms with Crippen LogP contribution in [0.2, 0.25) is 0 Å². The van der Waals surface area contributed by atoms with Gasteiger partial charge in [-0.05, 0) is 103 Å². The molecule has 0 bridgehead atoms. The first-order chi connectivity index (χ1) is 21.8. The average Bonchev–Trinajstić information content (AvgIpc) is 3.28. The molecule has 5 rings (SSSR count). The molecule has 0 N–H and O–H groups in total. The molecule has 238 valence electrons. The van der Waals surface area contributed by atoms with Crippen molar-refractivity contribution < 1.29 is 0 Å². The topological polar surface area (TPSA) is 0 Å². The Morgan fingerprint density at radius 1 is 0.378 bits per heavy atom. The monoisotopic (exact) mass is 598 g/mol. The lowest BCUT2D eigenvalue weighted by Gasteiger charge is -2.33. The minimum Gasteiger partial charge on any atom is -0.0654 e. The van der Waals surface area contributed by atoms with Crippen LogP contribution in [0.1, 0.15) is 137 Å². The van der Waals surface area contributed by atoms with Gasteiger partial charge in [0.25, 0.3) is 0 Å². The molecule has 0 spiro atoms. The van der Waals surface area contributed by atoms with Crippen molar-refractivity contribution in [3.8, 4) is 33.4 Å². The van der Waals surface area contributed by atoms with E-state index in [1.807, 2.05) is 0 Å². The van der Waals surface area contributed by atoms with Crippen molar-refractivity contribution in [1.29, 1.82) is 0 Å². The van der Waals surface area contributed by atoms with Crippen LogP contribution in [0.5, 0.6) is 0 Å². The minimum absolute atomic E-state index is 0.114. The molecule has 1 aliphatic rings. The van der Waals surface area contributed by atoms with Crippen LogP contribution in [-0.2, 0) is 5.41 Å². The summed E-state index contributed by atoms with van der Waals surface area (Å²) in [4.78, 5) is 0. The Morgan fingerprint density at radius 3 is 1.40 bits per heavy atom. The normalized spacial score (nSPS) is 13.2. The minimum atomic E-state index is 0.114. The van der Waals surface area contributed by atoms with Crippen LogP contribution < -0.4 is 0 Å². The van der Waals surface area contributed by atoms with Crippen molar-refractivity contribution in [1.82, 2.24) is 0 Å². The second kappa shape index (κ2) is 15.4. The molecule has 0 saturated heterocycles. The van der Waals surface area contributed by atoms with E-state index in [0.29, 0.717) is 0 Å². The van der Waals surface area contributed by atoms with Gasteiger partial charge in [0.2, 0.25) is 0 Å². The third-order valence-corrected chi connectivity index (χ3v) is 10.4. The molecule has 0 aliphatic heterocycles. The molecule has 0 nitrogen and oxygen atoms in total. The van der Waals surface area contributed by atoms with Gasteiger partial charge in [-0.2, -0.15) is 0 Å². The number of rotatable bonds is 16. The lowest BCUT2D eigenvalue weighted by Crippen LogP contribution is -2.25. The summed E-state index contributed by atoms with van der Waals surface area (Å²) in [6.45, 7) is 13.6. The first kappa shape index (κ1) is 33.2. The second-order valence-electron chi connectivity index (χ2n) is 14.4. The molecule has 4 aromatic carbocycles. The molecule has 0 saturated carbocycles. The molecule has 0 atom stereocenters. The Balaban J connectivity index is 1.55. The molecule has 0 radical (unpaired) electrons. The Kier molecular flexibility index (Phi) is 11.4. The predicted molar refractivity (Wildman–Crippen MR) is 198 cm³/mol. The highest BCUT2D eigenvalue weighted by Crippen LogP contribution is 2.55. The van der Waals surface area contributed by atoms with Crippen molar-refractivity contribution in [3.63, 3.8) is 0 Å². The summed E-state index contributed by atoms with van der Waals surface area (Å²) in [5, 5.41) is 0. The Hall–Kier alpha value is -3.12. The zero-order valence-corrected chi connectivity index (χ0v) is 29.3. The fourth-order valence-electron chi connectivity index (χ4n) is 8.12. The van der Waals surface area contributed by atoms with E-state index in [9.17, 15) is 0 Å². The van der Waals surface area contributed by atoms with Gasteiger partial charge in [0, 0.05) is 5.41 Å². The lowest BCUT2D eigenvalue weighted by atomic mass is 9.70. The number of hydrogen-bond donors (Lipinski definition) is 0. The van der Waals surface area contributed by atoms with E-state index in [1.165, 1.54) is 146 Å². The Labute approximate surface area is 275 Å². The summed E-state index contributed by atoms with van der Waals surface area (Å²) in [6.07, 6.45) is 18.8. The molecule has 0 aromatic heterocycles. The number of aryl methyl sites for hydroxylation is 4.